The van der Waals surface area contributed by atoms with Gasteiger partial charge >= 0.3 is 5.71 Å². The lowest BCUT2D eigenvalue weighted by Gasteiger charge is -1.99. The fourth-order valence-electron chi connectivity index (χ4n) is 0.743. The van der Waals surface area contributed by atoms with Crippen LogP contribution in [-0.4, -0.2) is 20.9 Å². The summed E-state index contributed by atoms with van der Waals surface area (Å²) in [6.07, 6.45) is 1.40. The van der Waals surface area contributed by atoms with Crippen molar-refractivity contribution >= 4 is 24.4 Å². The molecule has 4 N–H and O–H groups in total. The molecule has 0 aliphatic carbocycles. The van der Waals surface area contributed by atoms with Crippen molar-refractivity contribution < 1.29 is 13.8 Å². The maximum atomic E-state index is 8.88. The fourth-order valence-corrected chi connectivity index (χ4v) is 0.932. The molecule has 6 heteroatoms. The first-order valence-electron chi connectivity index (χ1n) is 3.04. The van der Waals surface area contributed by atoms with Crippen LogP contribution >= 0.6 is 0 Å². The van der Waals surface area contributed by atoms with Gasteiger partial charge in [0.05, 0.1) is 6.26 Å². The maximum absolute atomic E-state index is 8.88. The summed E-state index contributed by atoms with van der Waals surface area (Å²) in [5.74, 6) is -0.0811. The number of amidine groups is 1. The van der Waals surface area contributed by atoms with Crippen molar-refractivity contribution in [2.45, 2.75) is 0 Å². The first kappa shape index (κ1) is 8.54. The van der Waals surface area contributed by atoms with E-state index >= 15 is 0 Å². The molecule has 0 aromatic carbocycles. The van der Waals surface area contributed by atoms with Crippen molar-refractivity contribution in [3.8, 4) is 0 Å². The van der Waals surface area contributed by atoms with E-state index in [0.29, 0.717) is 4.14 Å². The van der Waals surface area contributed by atoms with Gasteiger partial charge in [-0.05, 0) is 12.1 Å². The van der Waals surface area contributed by atoms with Crippen LogP contribution in [0.3, 0.4) is 0 Å². The summed E-state index contributed by atoms with van der Waals surface area (Å²) >= 11 is 4.40. The molecule has 0 radical (unpaired) electrons. The van der Waals surface area contributed by atoms with Crippen LogP contribution in [0, 0.1) is 5.41 Å². The van der Waals surface area contributed by atoms with E-state index in [1.165, 1.54) is 6.26 Å². The number of rotatable bonds is 2. The minimum Gasteiger partial charge on any atom is -0.458 e. The summed E-state index contributed by atoms with van der Waals surface area (Å²) in [4.78, 5) is 0. The van der Waals surface area contributed by atoms with Crippen LogP contribution in [0.2, 0.25) is 0 Å². The normalized spacial score (nSPS) is 12.3. The van der Waals surface area contributed by atoms with E-state index in [-0.39, 0.29) is 17.3 Å². The van der Waals surface area contributed by atoms with Gasteiger partial charge in [0.25, 0.3) is 0 Å². The average Bonchev–Trinajstić information content (AvgIpc) is 2.37. The molecule has 0 spiro atoms. The number of nitrogens with two attached hydrogens (primary N) is 1. The number of hydrogen-bond donors (Lipinski definition) is 3. The van der Waals surface area contributed by atoms with Crippen LogP contribution in [0.1, 0.15) is 5.76 Å². The molecule has 0 saturated carbocycles. The smallest absolute Gasteiger partial charge is 0.316 e. The summed E-state index contributed by atoms with van der Waals surface area (Å²) in [7, 11) is 0. The van der Waals surface area contributed by atoms with Gasteiger partial charge in [-0.2, -0.15) is 0 Å². The van der Waals surface area contributed by atoms with Crippen molar-refractivity contribution in [1.29, 1.82) is 5.41 Å². The van der Waals surface area contributed by atoms with E-state index in [9.17, 15) is 0 Å². The Bertz CT molecular complexity index is 314. The molecule has 64 valence electrons. The van der Waals surface area contributed by atoms with Crippen molar-refractivity contribution in [2.24, 2.45) is 5.73 Å². The van der Waals surface area contributed by atoms with E-state index in [2.05, 4.69) is 12.8 Å². The molecule has 1 aromatic heterocycles. The van der Waals surface area contributed by atoms with Gasteiger partial charge in [0.2, 0.25) is 5.76 Å². The average molecular weight is 185 g/mol. The topological polar surface area (TPSA) is 86.3 Å². The van der Waals surface area contributed by atoms with Crippen molar-refractivity contribution in [2.75, 3.05) is 0 Å². The van der Waals surface area contributed by atoms with Gasteiger partial charge in [0.1, 0.15) is 0 Å². The third-order valence-electron chi connectivity index (χ3n) is 1.20. The molecule has 0 atom stereocenters. The monoisotopic (exact) mass is 185 g/mol. The van der Waals surface area contributed by atoms with E-state index in [1.54, 1.807) is 12.1 Å². The zero-order chi connectivity index (χ0) is 9.14. The van der Waals surface area contributed by atoms with E-state index in [4.69, 9.17) is 20.8 Å². The molecular weight excluding hydrogens is 178 g/mol. The van der Waals surface area contributed by atoms with Gasteiger partial charge in [-0.1, -0.05) is 0 Å². The van der Waals surface area contributed by atoms with E-state index < -0.39 is 0 Å². The van der Waals surface area contributed by atoms with Crippen LogP contribution < -0.4 is 5.73 Å². The largest absolute Gasteiger partial charge is 0.458 e. The van der Waals surface area contributed by atoms with Crippen LogP contribution in [0.15, 0.2) is 22.8 Å². The Morgan fingerprint density at radius 2 is 2.42 bits per heavy atom. The SMILES string of the molecule is N=C(N)/C(c1ccco1)=[N+](\O)[S-]. The molecule has 0 saturated heterocycles. The molecule has 0 amide bonds. The first-order chi connectivity index (χ1) is 5.63. The highest BCUT2D eigenvalue weighted by Crippen LogP contribution is 2.01. The number of nitrogens with one attached hydrogen (secondary N) is 1. The van der Waals surface area contributed by atoms with Crippen LogP contribution in [0.5, 0.6) is 0 Å². The molecule has 12 heavy (non-hydrogen) atoms. The van der Waals surface area contributed by atoms with Crippen molar-refractivity contribution in [3.05, 3.63) is 24.2 Å². The van der Waals surface area contributed by atoms with Crippen molar-refractivity contribution in [3.63, 3.8) is 0 Å². The highest BCUT2D eigenvalue weighted by Gasteiger charge is 2.18. The van der Waals surface area contributed by atoms with Crippen LogP contribution in [0.4, 0.5) is 0 Å². The second-order valence-electron chi connectivity index (χ2n) is 2.01. The molecule has 0 unspecified atom stereocenters. The van der Waals surface area contributed by atoms with Gasteiger partial charge in [-0.3, -0.25) is 5.41 Å². The number of hydrogen-bond acceptors (Lipinski definition) is 4. The maximum Gasteiger partial charge on any atom is 0.316 e. The van der Waals surface area contributed by atoms with Crippen molar-refractivity contribution in [1.82, 2.24) is 0 Å². The van der Waals surface area contributed by atoms with E-state index in [0.717, 1.165) is 0 Å². The van der Waals surface area contributed by atoms with Gasteiger partial charge in [-0.15, -0.1) is 4.14 Å². The number of furan rings is 1. The zero-order valence-corrected chi connectivity index (χ0v) is 6.84. The lowest BCUT2D eigenvalue weighted by molar-refractivity contribution is -0.643. The second-order valence-corrected chi connectivity index (χ2v) is 2.36. The Balaban J connectivity index is 3.15. The first-order valence-corrected chi connectivity index (χ1v) is 3.41. The quantitative estimate of drug-likeness (QED) is 0.149. The van der Waals surface area contributed by atoms with Gasteiger partial charge in [-0.25, -0.2) is 0 Å². The molecule has 0 aliphatic heterocycles. The predicted molar refractivity (Wildman–Crippen MR) is 44.1 cm³/mol. The molecule has 1 aromatic rings. The highest BCUT2D eigenvalue weighted by atomic mass is 32.1. The predicted octanol–water partition coefficient (Wildman–Crippen LogP) is -0.132. The molecule has 0 bridgehead atoms. The molecule has 0 fully saturated rings. The third kappa shape index (κ3) is 1.54. The lowest BCUT2D eigenvalue weighted by atomic mass is 10.3. The Hall–Kier alpha value is -1.56. The Morgan fingerprint density at radius 3 is 2.75 bits per heavy atom. The summed E-state index contributed by atoms with van der Waals surface area (Å²) < 4.78 is 5.23. The highest BCUT2D eigenvalue weighted by molar-refractivity contribution is 7.51. The number of nitrogens with zero attached hydrogens (tertiary/aromatic N) is 1. The van der Waals surface area contributed by atoms with Crippen LogP contribution in [-0.2, 0) is 12.8 Å². The Labute approximate surface area is 74.1 Å². The molecule has 1 heterocycles. The van der Waals surface area contributed by atoms with Gasteiger partial charge < -0.3 is 28.2 Å². The van der Waals surface area contributed by atoms with Crippen LogP contribution in [0.25, 0.3) is 0 Å². The Kier molecular flexibility index (Phi) is 2.29. The summed E-state index contributed by atoms with van der Waals surface area (Å²) in [6.45, 7) is 0. The summed E-state index contributed by atoms with van der Waals surface area (Å²) in [6, 6.07) is 3.16. The second kappa shape index (κ2) is 3.22. The fraction of sp³-hybridized carbons (Fsp3) is 0. The van der Waals surface area contributed by atoms with Gasteiger partial charge in [0, 0.05) is 0 Å². The third-order valence-corrected chi connectivity index (χ3v) is 1.38. The minimum absolute atomic E-state index is 0.0324. The lowest BCUT2D eigenvalue weighted by Crippen LogP contribution is -2.29. The molecule has 1 rings (SSSR count). The van der Waals surface area contributed by atoms with Gasteiger partial charge in [0.15, 0.2) is 5.84 Å². The van der Waals surface area contributed by atoms with E-state index in [1.807, 2.05) is 0 Å². The molecular formula is C6H7N3O2S. The zero-order valence-electron chi connectivity index (χ0n) is 6.02. The summed E-state index contributed by atoms with van der Waals surface area (Å²) in [5.41, 5.74) is 5.11. The molecule has 0 aliphatic rings. The molecule has 5 nitrogen and oxygen atoms in total. The minimum atomic E-state index is -0.345. The standard InChI is InChI=1S/C6H7N3O2S/c7-6(8)5(9(10)12)4-2-1-3-11-4/h1-3H,(H3,7,8)(H,10,12)/b9-5+. The Morgan fingerprint density at radius 1 is 1.75 bits per heavy atom. The summed E-state index contributed by atoms with van der Waals surface area (Å²) in [5, 5.41) is 16.0.